The van der Waals surface area contributed by atoms with Gasteiger partial charge in [-0.15, -0.1) is 0 Å². The van der Waals surface area contributed by atoms with Gasteiger partial charge in [0.2, 0.25) is 0 Å². The summed E-state index contributed by atoms with van der Waals surface area (Å²) in [6.07, 6.45) is -2.79. The minimum atomic E-state index is -4.53. The molecule has 0 radical (unpaired) electrons. The molecule has 0 N–H and O–H groups in total. The number of alkyl halides is 3. The molecule has 0 atom stereocenters. The van der Waals surface area contributed by atoms with Crippen molar-refractivity contribution in [2.24, 2.45) is 0 Å². The van der Waals surface area contributed by atoms with Crippen molar-refractivity contribution < 1.29 is 31.1 Å². The molecule has 2 aliphatic rings. The van der Waals surface area contributed by atoms with E-state index < -0.39 is 27.3 Å². The zero-order chi connectivity index (χ0) is 25.2. The van der Waals surface area contributed by atoms with Gasteiger partial charge >= 0.3 is 6.18 Å². The number of fused-ring (bicyclic) bond motifs is 4. The predicted octanol–water partition coefficient (Wildman–Crippen LogP) is 4.73. The van der Waals surface area contributed by atoms with Crippen LogP contribution in [0.15, 0.2) is 59.5 Å². The molecule has 5 rings (SSSR count). The van der Waals surface area contributed by atoms with Crippen LogP contribution in [0.1, 0.15) is 40.2 Å². The molecule has 184 valence electrons. The van der Waals surface area contributed by atoms with E-state index in [0.717, 1.165) is 12.3 Å². The molecule has 0 bridgehead atoms. The van der Waals surface area contributed by atoms with Crippen molar-refractivity contribution in [2.45, 2.75) is 36.4 Å². The predicted molar refractivity (Wildman–Crippen MR) is 123 cm³/mol. The maximum atomic E-state index is 13.8. The highest BCUT2D eigenvalue weighted by Gasteiger charge is 2.48. The van der Waals surface area contributed by atoms with E-state index in [4.69, 9.17) is 4.74 Å². The number of sulfone groups is 1. The number of ether oxygens (including phenoxy) is 1. The molecule has 1 fully saturated rings. The largest absolute Gasteiger partial charge is 0.479 e. The number of benzene rings is 2. The van der Waals surface area contributed by atoms with Crippen LogP contribution in [0.2, 0.25) is 0 Å². The minimum absolute atomic E-state index is 0.169. The fourth-order valence-corrected chi connectivity index (χ4v) is 6.03. The molecule has 1 saturated heterocycles. The molecule has 0 saturated carbocycles. The number of aromatic nitrogens is 1. The Morgan fingerprint density at radius 2 is 1.71 bits per heavy atom. The van der Waals surface area contributed by atoms with Crippen LogP contribution in [0.4, 0.5) is 13.2 Å². The highest BCUT2D eigenvalue weighted by atomic mass is 32.2. The van der Waals surface area contributed by atoms with Crippen molar-refractivity contribution in [3.8, 4) is 11.4 Å². The van der Waals surface area contributed by atoms with Crippen molar-refractivity contribution in [3.63, 3.8) is 0 Å². The van der Waals surface area contributed by atoms with Crippen molar-refractivity contribution in [3.05, 3.63) is 77.1 Å². The van der Waals surface area contributed by atoms with E-state index in [9.17, 15) is 26.4 Å². The summed E-state index contributed by atoms with van der Waals surface area (Å²) in [5.41, 5.74) is -0.151. The van der Waals surface area contributed by atoms with Gasteiger partial charge in [0.05, 0.1) is 16.3 Å². The van der Waals surface area contributed by atoms with Crippen LogP contribution in [0, 0.1) is 6.92 Å². The standard InChI is InChI=1S/C25H23F3N2O4S/c1-16-15-17(7-8-20(16)35(2,32)33)23(31)29-13-11-24(12-14-29)21-9-10-22(25(26,27)28)30(21)18-5-3-4-6-19(18)34-24/h3-10,15H,11-14H2,1-2H3. The lowest BCUT2D eigenvalue weighted by molar-refractivity contribution is -0.143. The average molecular weight is 505 g/mol. The first kappa shape index (κ1) is 23.5. The molecule has 2 aromatic carbocycles. The molecule has 3 aromatic rings. The van der Waals surface area contributed by atoms with E-state index in [0.29, 0.717) is 41.1 Å². The first-order valence-electron chi connectivity index (χ1n) is 11.1. The monoisotopic (exact) mass is 504 g/mol. The van der Waals surface area contributed by atoms with Crippen molar-refractivity contribution >= 4 is 15.7 Å². The number of nitrogens with zero attached hydrogens (tertiary/aromatic N) is 2. The Morgan fingerprint density at radius 3 is 2.34 bits per heavy atom. The van der Waals surface area contributed by atoms with Crippen LogP contribution >= 0.6 is 0 Å². The molecule has 0 aliphatic carbocycles. The molecule has 35 heavy (non-hydrogen) atoms. The molecule has 1 amide bonds. The van der Waals surface area contributed by atoms with Gasteiger partial charge in [0.15, 0.2) is 15.4 Å². The van der Waals surface area contributed by atoms with Crippen molar-refractivity contribution in [1.29, 1.82) is 0 Å². The first-order chi connectivity index (χ1) is 16.4. The van der Waals surface area contributed by atoms with E-state index >= 15 is 0 Å². The Kier molecular flexibility index (Phi) is 5.28. The fourth-order valence-electron chi connectivity index (χ4n) is 5.07. The van der Waals surface area contributed by atoms with Crippen LogP contribution in [0.25, 0.3) is 5.69 Å². The van der Waals surface area contributed by atoms with E-state index in [1.165, 1.54) is 22.8 Å². The zero-order valence-electron chi connectivity index (χ0n) is 19.1. The van der Waals surface area contributed by atoms with E-state index in [2.05, 4.69) is 0 Å². The Balaban J connectivity index is 1.44. The van der Waals surface area contributed by atoms with Crippen LogP contribution in [-0.2, 0) is 21.6 Å². The van der Waals surface area contributed by atoms with Gasteiger partial charge in [-0.2, -0.15) is 13.2 Å². The number of rotatable bonds is 2. The smallest absolute Gasteiger partial charge is 0.431 e. The third-order valence-corrected chi connectivity index (χ3v) is 7.99. The topological polar surface area (TPSA) is 68.6 Å². The zero-order valence-corrected chi connectivity index (χ0v) is 19.9. The van der Waals surface area contributed by atoms with Crippen LogP contribution in [0.5, 0.6) is 5.75 Å². The number of carbonyl (C=O) groups is 1. The number of aryl methyl sites for hydroxylation is 1. The van der Waals surface area contributed by atoms with Gasteiger partial charge in [-0.3, -0.25) is 4.79 Å². The molecule has 2 aliphatic heterocycles. The summed E-state index contributed by atoms with van der Waals surface area (Å²) < 4.78 is 72.7. The third-order valence-electron chi connectivity index (χ3n) is 6.73. The summed E-state index contributed by atoms with van der Waals surface area (Å²) >= 11 is 0. The summed E-state index contributed by atoms with van der Waals surface area (Å²) in [7, 11) is -3.40. The summed E-state index contributed by atoms with van der Waals surface area (Å²) in [5.74, 6) is 0.110. The Labute approximate surface area is 200 Å². The summed E-state index contributed by atoms with van der Waals surface area (Å²) in [5, 5.41) is 0. The number of para-hydroxylation sites is 2. The van der Waals surface area contributed by atoms with Gasteiger partial charge in [-0.25, -0.2) is 8.42 Å². The summed E-state index contributed by atoms with van der Waals surface area (Å²) in [6.45, 7) is 2.19. The SMILES string of the molecule is Cc1cc(C(=O)N2CCC3(CC2)Oc2ccccc2-n2c(C(F)(F)F)ccc23)ccc1S(C)(=O)=O. The van der Waals surface area contributed by atoms with Gasteiger partial charge in [-0.05, 0) is 55.0 Å². The number of halogens is 3. The Hall–Kier alpha value is -3.27. The lowest BCUT2D eigenvalue weighted by atomic mass is 9.86. The van der Waals surface area contributed by atoms with Gasteiger partial charge < -0.3 is 14.2 Å². The number of amides is 1. The molecular weight excluding hydrogens is 481 g/mol. The number of hydrogen-bond donors (Lipinski definition) is 0. The van der Waals surface area contributed by atoms with Gasteiger partial charge in [-0.1, -0.05) is 12.1 Å². The molecule has 1 aromatic heterocycles. The number of piperidine rings is 1. The molecular formula is C25H23F3N2O4S. The Bertz CT molecular complexity index is 1440. The molecule has 0 unspecified atom stereocenters. The molecule has 10 heteroatoms. The quantitative estimate of drug-likeness (QED) is 0.506. The molecule has 1 spiro atoms. The van der Waals surface area contributed by atoms with Crippen molar-refractivity contribution in [2.75, 3.05) is 19.3 Å². The normalized spacial score (nSPS) is 17.0. The van der Waals surface area contributed by atoms with Gasteiger partial charge in [0.1, 0.15) is 11.4 Å². The van der Waals surface area contributed by atoms with E-state index in [-0.39, 0.29) is 23.9 Å². The maximum absolute atomic E-state index is 13.8. The molecule has 6 nitrogen and oxygen atoms in total. The number of hydrogen-bond acceptors (Lipinski definition) is 4. The lowest BCUT2D eigenvalue weighted by Crippen LogP contribution is -2.50. The fraction of sp³-hybridized carbons (Fsp3) is 0.320. The highest BCUT2D eigenvalue weighted by molar-refractivity contribution is 7.90. The number of likely N-dealkylation sites (tertiary alicyclic amines) is 1. The minimum Gasteiger partial charge on any atom is -0.479 e. The van der Waals surface area contributed by atoms with E-state index in [1.807, 2.05) is 0 Å². The third kappa shape index (κ3) is 3.89. The van der Waals surface area contributed by atoms with Gasteiger partial charge in [0.25, 0.3) is 5.91 Å². The van der Waals surface area contributed by atoms with E-state index in [1.54, 1.807) is 42.2 Å². The van der Waals surface area contributed by atoms with Crippen LogP contribution in [-0.4, -0.2) is 43.1 Å². The van der Waals surface area contributed by atoms with Crippen LogP contribution < -0.4 is 4.74 Å². The maximum Gasteiger partial charge on any atom is 0.431 e. The first-order valence-corrected chi connectivity index (χ1v) is 13.0. The lowest BCUT2D eigenvalue weighted by Gasteiger charge is -2.45. The second-order valence-corrected chi connectivity index (χ2v) is 11.0. The summed E-state index contributed by atoms with van der Waals surface area (Å²) in [6, 6.07) is 13.6. The van der Waals surface area contributed by atoms with Crippen LogP contribution in [0.3, 0.4) is 0 Å². The molecule has 3 heterocycles. The van der Waals surface area contributed by atoms with Gasteiger partial charge in [0, 0.05) is 37.8 Å². The second kappa shape index (κ2) is 7.87. The summed E-state index contributed by atoms with van der Waals surface area (Å²) in [4.78, 5) is 14.9. The highest BCUT2D eigenvalue weighted by Crippen LogP contribution is 2.48. The van der Waals surface area contributed by atoms with Crippen molar-refractivity contribution in [1.82, 2.24) is 9.47 Å². The average Bonchev–Trinajstić information content (AvgIpc) is 3.26. The number of carbonyl (C=O) groups excluding carboxylic acids is 1. The Morgan fingerprint density at radius 1 is 1.03 bits per heavy atom. The second-order valence-electron chi connectivity index (χ2n) is 9.05.